The second-order valence-electron chi connectivity index (χ2n) is 7.57. The molecule has 1 aliphatic heterocycles. The van der Waals surface area contributed by atoms with Crippen LogP contribution >= 0.6 is 11.3 Å². The molecule has 3 heterocycles. The molecule has 1 amide bonds. The van der Waals surface area contributed by atoms with E-state index in [2.05, 4.69) is 50.5 Å². The molecule has 30 heavy (non-hydrogen) atoms. The van der Waals surface area contributed by atoms with Gasteiger partial charge in [0.05, 0.1) is 12.1 Å². The van der Waals surface area contributed by atoms with E-state index in [4.69, 9.17) is 0 Å². The SMILES string of the molecule is Cc1cccc(Nc2nc(CC(=O)N3CCN(CCc4ccccc4)CC3)cs2)n1. The summed E-state index contributed by atoms with van der Waals surface area (Å²) in [4.78, 5) is 26.1. The number of piperazine rings is 1. The predicted octanol–water partition coefficient (Wildman–Crippen LogP) is 3.52. The molecule has 0 saturated carbocycles. The number of amides is 1. The monoisotopic (exact) mass is 421 g/mol. The van der Waals surface area contributed by atoms with Gasteiger partial charge in [0.25, 0.3) is 0 Å². The third-order valence-corrected chi connectivity index (χ3v) is 6.10. The van der Waals surface area contributed by atoms with Gasteiger partial charge >= 0.3 is 0 Å². The fourth-order valence-electron chi connectivity index (χ4n) is 3.59. The number of hydrogen-bond acceptors (Lipinski definition) is 6. The topological polar surface area (TPSA) is 61.4 Å². The maximum absolute atomic E-state index is 12.7. The molecule has 0 spiro atoms. The normalized spacial score (nSPS) is 14.6. The number of benzene rings is 1. The van der Waals surface area contributed by atoms with Gasteiger partial charge < -0.3 is 10.2 Å². The first-order chi connectivity index (χ1) is 14.7. The van der Waals surface area contributed by atoms with Crippen molar-refractivity contribution in [3.05, 3.63) is 70.9 Å². The highest BCUT2D eigenvalue weighted by Crippen LogP contribution is 2.20. The summed E-state index contributed by atoms with van der Waals surface area (Å²) in [6.07, 6.45) is 1.41. The smallest absolute Gasteiger partial charge is 0.228 e. The number of aromatic nitrogens is 2. The number of rotatable bonds is 7. The lowest BCUT2D eigenvalue weighted by molar-refractivity contribution is -0.132. The minimum absolute atomic E-state index is 0.156. The molecule has 3 aromatic rings. The van der Waals surface area contributed by atoms with Crippen LogP contribution in [0.1, 0.15) is 17.0 Å². The lowest BCUT2D eigenvalue weighted by atomic mass is 10.1. The number of anilines is 2. The van der Waals surface area contributed by atoms with Crippen LogP contribution in [0.5, 0.6) is 0 Å². The van der Waals surface area contributed by atoms with Crippen LogP contribution in [0.2, 0.25) is 0 Å². The standard InChI is InChI=1S/C23H27N5OS/c1-18-6-5-9-21(24-18)26-23-25-20(17-30-23)16-22(29)28-14-12-27(13-15-28)11-10-19-7-3-2-4-8-19/h2-9,17H,10-16H2,1H3,(H,24,25,26). The van der Waals surface area contributed by atoms with Crippen LogP contribution in [0.25, 0.3) is 0 Å². The number of carbonyl (C=O) groups is 1. The predicted molar refractivity (Wildman–Crippen MR) is 121 cm³/mol. The van der Waals surface area contributed by atoms with Gasteiger partial charge in [-0.2, -0.15) is 0 Å². The van der Waals surface area contributed by atoms with Gasteiger partial charge in [-0.3, -0.25) is 9.69 Å². The molecule has 2 aromatic heterocycles. The minimum Gasteiger partial charge on any atom is -0.340 e. The molecule has 1 aromatic carbocycles. The van der Waals surface area contributed by atoms with Crippen LogP contribution in [-0.4, -0.2) is 58.4 Å². The highest BCUT2D eigenvalue weighted by atomic mass is 32.1. The molecular formula is C23H27N5OS. The van der Waals surface area contributed by atoms with Gasteiger partial charge in [-0.15, -0.1) is 11.3 Å². The average molecular weight is 422 g/mol. The average Bonchev–Trinajstić information content (AvgIpc) is 3.20. The highest BCUT2D eigenvalue weighted by Gasteiger charge is 2.21. The summed E-state index contributed by atoms with van der Waals surface area (Å²) >= 11 is 1.50. The van der Waals surface area contributed by atoms with E-state index in [-0.39, 0.29) is 5.91 Å². The number of aryl methyl sites for hydroxylation is 1. The zero-order chi connectivity index (χ0) is 20.8. The van der Waals surface area contributed by atoms with Crippen LogP contribution in [0, 0.1) is 6.92 Å². The van der Waals surface area contributed by atoms with Crippen molar-refractivity contribution in [2.45, 2.75) is 19.8 Å². The molecule has 0 atom stereocenters. The van der Waals surface area contributed by atoms with Gasteiger partial charge in [-0.05, 0) is 31.0 Å². The van der Waals surface area contributed by atoms with Crippen LogP contribution in [0.4, 0.5) is 10.9 Å². The first kappa shape index (κ1) is 20.5. The maximum atomic E-state index is 12.7. The summed E-state index contributed by atoms with van der Waals surface area (Å²) in [5.41, 5.74) is 3.13. The summed E-state index contributed by atoms with van der Waals surface area (Å²) in [7, 11) is 0. The molecule has 1 aliphatic rings. The Labute approximate surface area is 181 Å². The number of hydrogen-bond donors (Lipinski definition) is 1. The summed E-state index contributed by atoms with van der Waals surface area (Å²) < 4.78 is 0. The maximum Gasteiger partial charge on any atom is 0.228 e. The molecule has 1 saturated heterocycles. The van der Waals surface area contributed by atoms with Crippen molar-refractivity contribution in [1.29, 1.82) is 0 Å². The van der Waals surface area contributed by atoms with Crippen LogP contribution in [-0.2, 0) is 17.6 Å². The second-order valence-corrected chi connectivity index (χ2v) is 8.43. The van der Waals surface area contributed by atoms with Crippen LogP contribution < -0.4 is 5.32 Å². The third kappa shape index (κ3) is 5.64. The molecule has 0 unspecified atom stereocenters. The summed E-state index contributed by atoms with van der Waals surface area (Å²) in [5, 5.41) is 5.93. The summed E-state index contributed by atoms with van der Waals surface area (Å²) in [6, 6.07) is 16.4. The van der Waals surface area contributed by atoms with Crippen molar-refractivity contribution in [2.24, 2.45) is 0 Å². The summed E-state index contributed by atoms with van der Waals surface area (Å²) in [6.45, 7) is 6.44. The highest BCUT2D eigenvalue weighted by molar-refractivity contribution is 7.13. The first-order valence-corrected chi connectivity index (χ1v) is 11.2. The molecule has 4 rings (SSSR count). The van der Waals surface area contributed by atoms with E-state index in [1.54, 1.807) is 0 Å². The number of nitrogens with zero attached hydrogens (tertiary/aromatic N) is 4. The molecule has 1 fully saturated rings. The largest absolute Gasteiger partial charge is 0.340 e. The number of nitrogens with one attached hydrogen (secondary N) is 1. The quantitative estimate of drug-likeness (QED) is 0.633. The fraction of sp³-hybridized carbons (Fsp3) is 0.348. The Morgan fingerprint density at radius 3 is 2.60 bits per heavy atom. The van der Waals surface area contributed by atoms with E-state index >= 15 is 0 Å². The van der Waals surface area contributed by atoms with Gasteiger partial charge in [0.1, 0.15) is 5.82 Å². The minimum atomic E-state index is 0.156. The van der Waals surface area contributed by atoms with E-state index in [1.807, 2.05) is 35.4 Å². The first-order valence-electron chi connectivity index (χ1n) is 10.3. The van der Waals surface area contributed by atoms with Crippen molar-refractivity contribution in [1.82, 2.24) is 19.8 Å². The lowest BCUT2D eigenvalue weighted by Crippen LogP contribution is -2.49. The van der Waals surface area contributed by atoms with E-state index in [0.29, 0.717) is 6.42 Å². The van der Waals surface area contributed by atoms with Crippen molar-refractivity contribution >= 4 is 28.2 Å². The molecule has 0 bridgehead atoms. The van der Waals surface area contributed by atoms with Crippen molar-refractivity contribution in [2.75, 3.05) is 38.0 Å². The van der Waals surface area contributed by atoms with Crippen LogP contribution in [0.15, 0.2) is 53.9 Å². The van der Waals surface area contributed by atoms with Crippen molar-refractivity contribution in [3.8, 4) is 0 Å². The molecule has 6 nitrogen and oxygen atoms in total. The Morgan fingerprint density at radius 1 is 1.03 bits per heavy atom. The molecular weight excluding hydrogens is 394 g/mol. The van der Waals surface area contributed by atoms with E-state index < -0.39 is 0 Å². The Hall–Kier alpha value is -2.77. The lowest BCUT2D eigenvalue weighted by Gasteiger charge is -2.34. The van der Waals surface area contributed by atoms with Gasteiger partial charge in [-0.1, -0.05) is 36.4 Å². The van der Waals surface area contributed by atoms with Crippen LogP contribution in [0.3, 0.4) is 0 Å². The third-order valence-electron chi connectivity index (χ3n) is 5.29. The molecule has 0 radical (unpaired) electrons. The van der Waals surface area contributed by atoms with Gasteiger partial charge in [0.2, 0.25) is 5.91 Å². The van der Waals surface area contributed by atoms with Gasteiger partial charge in [-0.25, -0.2) is 9.97 Å². The Morgan fingerprint density at radius 2 is 1.83 bits per heavy atom. The molecule has 7 heteroatoms. The van der Waals surface area contributed by atoms with Gasteiger partial charge in [0.15, 0.2) is 5.13 Å². The Balaban J connectivity index is 1.22. The zero-order valence-corrected chi connectivity index (χ0v) is 18.1. The second kappa shape index (κ2) is 9.82. The van der Waals surface area contributed by atoms with E-state index in [1.165, 1.54) is 16.9 Å². The number of carbonyl (C=O) groups excluding carboxylic acids is 1. The number of pyridine rings is 1. The Bertz CT molecular complexity index is 966. The molecule has 0 aliphatic carbocycles. The van der Waals surface area contributed by atoms with Crippen molar-refractivity contribution in [3.63, 3.8) is 0 Å². The molecule has 156 valence electrons. The summed E-state index contributed by atoms with van der Waals surface area (Å²) in [5.74, 6) is 0.928. The number of thiazole rings is 1. The van der Waals surface area contributed by atoms with E-state index in [0.717, 1.165) is 61.5 Å². The van der Waals surface area contributed by atoms with Gasteiger partial charge in [0, 0.05) is 43.8 Å². The van der Waals surface area contributed by atoms with E-state index in [9.17, 15) is 4.79 Å². The fourth-order valence-corrected chi connectivity index (χ4v) is 4.30. The Kier molecular flexibility index (Phi) is 6.71. The zero-order valence-electron chi connectivity index (χ0n) is 17.3. The van der Waals surface area contributed by atoms with Crippen molar-refractivity contribution < 1.29 is 4.79 Å². The molecule has 1 N–H and O–H groups in total.